The van der Waals surface area contributed by atoms with Crippen molar-refractivity contribution in [3.05, 3.63) is 101 Å². The van der Waals surface area contributed by atoms with Gasteiger partial charge < -0.3 is 10.2 Å². The SMILES string of the molecule is CC1=NC(c2ccc(F)cc2)(c2ccc(F)cc2)C(=O)N1CCCN1CCC(c2ccnc(C(=O)NC(C)(C)C)c2)CC1. The Balaban J connectivity index is 1.20. The fourth-order valence-corrected chi connectivity index (χ4v) is 6.05. The molecule has 0 bridgehead atoms. The maximum Gasteiger partial charge on any atom is 0.270 e. The molecule has 0 unspecified atom stereocenters. The van der Waals surface area contributed by atoms with E-state index in [1.165, 1.54) is 24.3 Å². The summed E-state index contributed by atoms with van der Waals surface area (Å²) in [6, 6.07) is 15.5. The second-order valence-corrected chi connectivity index (χ2v) is 12.5. The highest BCUT2D eigenvalue weighted by Crippen LogP contribution is 2.40. The van der Waals surface area contributed by atoms with Crippen LogP contribution in [0.25, 0.3) is 0 Å². The average molecular weight is 588 g/mol. The molecule has 5 rings (SSSR count). The minimum absolute atomic E-state index is 0.162. The number of hydrogen-bond donors (Lipinski definition) is 1. The summed E-state index contributed by atoms with van der Waals surface area (Å²) < 4.78 is 27.5. The van der Waals surface area contributed by atoms with Crippen LogP contribution in [0.2, 0.25) is 0 Å². The number of aliphatic imine (C=N–C) groups is 1. The first kappa shape index (κ1) is 30.5. The Bertz CT molecular complexity index is 1440. The molecule has 3 heterocycles. The molecule has 2 aliphatic heterocycles. The van der Waals surface area contributed by atoms with Crippen molar-refractivity contribution < 1.29 is 18.4 Å². The predicted molar refractivity (Wildman–Crippen MR) is 163 cm³/mol. The third kappa shape index (κ3) is 6.67. The van der Waals surface area contributed by atoms with Gasteiger partial charge in [-0.1, -0.05) is 24.3 Å². The molecule has 1 saturated heterocycles. The Morgan fingerprint density at radius 2 is 1.53 bits per heavy atom. The molecule has 0 saturated carbocycles. The normalized spacial score (nSPS) is 17.7. The molecular weight excluding hydrogens is 548 g/mol. The maximum absolute atomic E-state index is 14.0. The summed E-state index contributed by atoms with van der Waals surface area (Å²) in [4.78, 5) is 39.8. The van der Waals surface area contributed by atoms with E-state index in [0.29, 0.717) is 35.1 Å². The van der Waals surface area contributed by atoms with Crippen LogP contribution in [0.15, 0.2) is 71.9 Å². The number of rotatable bonds is 8. The Morgan fingerprint density at radius 3 is 2.09 bits per heavy atom. The Labute approximate surface area is 252 Å². The number of piperidine rings is 1. The fraction of sp³-hybridized carbons (Fsp3) is 0.412. The predicted octanol–water partition coefficient (Wildman–Crippen LogP) is 5.66. The third-order valence-corrected chi connectivity index (χ3v) is 8.22. The number of pyridine rings is 1. The molecule has 1 N–H and O–H groups in total. The highest BCUT2D eigenvalue weighted by Gasteiger charge is 2.49. The zero-order chi connectivity index (χ0) is 30.8. The molecular formula is C34H39F2N5O2. The number of nitrogens with one attached hydrogen (secondary N) is 1. The van der Waals surface area contributed by atoms with Gasteiger partial charge in [0.25, 0.3) is 11.8 Å². The molecule has 0 atom stereocenters. The van der Waals surface area contributed by atoms with Crippen molar-refractivity contribution in [1.82, 2.24) is 20.1 Å². The summed E-state index contributed by atoms with van der Waals surface area (Å²) in [6.07, 6.45) is 4.43. The number of benzene rings is 2. The van der Waals surface area contributed by atoms with E-state index in [2.05, 4.69) is 15.2 Å². The third-order valence-electron chi connectivity index (χ3n) is 8.22. The molecule has 2 amide bonds. The lowest BCUT2D eigenvalue weighted by atomic mass is 9.82. The quantitative estimate of drug-likeness (QED) is 0.369. The highest BCUT2D eigenvalue weighted by atomic mass is 19.1. The van der Waals surface area contributed by atoms with E-state index >= 15 is 0 Å². The smallest absolute Gasteiger partial charge is 0.270 e. The Hall–Kier alpha value is -3.98. The molecule has 2 aliphatic rings. The summed E-state index contributed by atoms with van der Waals surface area (Å²) in [5, 5.41) is 2.98. The molecule has 0 spiro atoms. The first-order valence-electron chi connectivity index (χ1n) is 14.9. The van der Waals surface area contributed by atoms with Crippen LogP contribution in [0.1, 0.15) is 80.1 Å². The minimum atomic E-state index is -1.38. The molecule has 2 aromatic carbocycles. The maximum atomic E-state index is 14.0. The van der Waals surface area contributed by atoms with Crippen LogP contribution < -0.4 is 5.32 Å². The molecule has 0 aliphatic carbocycles. The van der Waals surface area contributed by atoms with Gasteiger partial charge in [0, 0.05) is 18.3 Å². The van der Waals surface area contributed by atoms with Crippen LogP contribution in [-0.4, -0.2) is 64.2 Å². The highest BCUT2D eigenvalue weighted by molar-refractivity contribution is 6.09. The topological polar surface area (TPSA) is 77.9 Å². The average Bonchev–Trinajstić information content (AvgIpc) is 3.23. The summed E-state index contributed by atoms with van der Waals surface area (Å²) in [5.74, 6) is -0.236. The number of aromatic nitrogens is 1. The largest absolute Gasteiger partial charge is 0.346 e. The lowest BCUT2D eigenvalue weighted by molar-refractivity contribution is -0.130. The number of hydrogen-bond acceptors (Lipinski definition) is 5. The lowest BCUT2D eigenvalue weighted by Crippen LogP contribution is -2.43. The van der Waals surface area contributed by atoms with Gasteiger partial charge in [0.05, 0.1) is 0 Å². The molecule has 9 heteroatoms. The van der Waals surface area contributed by atoms with Gasteiger partial charge in [-0.05, 0) is 126 Å². The Kier molecular flexibility index (Phi) is 8.74. The number of nitrogens with zero attached hydrogens (tertiary/aromatic N) is 4. The second-order valence-electron chi connectivity index (χ2n) is 12.5. The van der Waals surface area contributed by atoms with Gasteiger partial charge in [-0.25, -0.2) is 13.8 Å². The number of carbonyl (C=O) groups excluding carboxylic acids is 2. The zero-order valence-electron chi connectivity index (χ0n) is 25.2. The minimum Gasteiger partial charge on any atom is -0.346 e. The van der Waals surface area contributed by atoms with Crippen LogP contribution in [0.3, 0.4) is 0 Å². The molecule has 3 aromatic rings. The van der Waals surface area contributed by atoms with Gasteiger partial charge in [0.1, 0.15) is 23.2 Å². The van der Waals surface area contributed by atoms with Gasteiger partial charge in [-0.3, -0.25) is 19.5 Å². The number of likely N-dealkylation sites (tertiary alicyclic amines) is 1. The summed E-state index contributed by atoms with van der Waals surface area (Å²) in [7, 11) is 0. The van der Waals surface area contributed by atoms with Crippen LogP contribution >= 0.6 is 0 Å². The van der Waals surface area contributed by atoms with E-state index in [0.717, 1.165) is 44.5 Å². The van der Waals surface area contributed by atoms with Crippen LogP contribution in [0.5, 0.6) is 0 Å². The molecule has 43 heavy (non-hydrogen) atoms. The van der Waals surface area contributed by atoms with E-state index in [4.69, 9.17) is 4.99 Å². The van der Waals surface area contributed by atoms with Gasteiger partial charge in [0.2, 0.25) is 0 Å². The van der Waals surface area contributed by atoms with Crippen molar-refractivity contribution in [3.63, 3.8) is 0 Å². The number of amidine groups is 1. The first-order chi connectivity index (χ1) is 20.5. The first-order valence-corrected chi connectivity index (χ1v) is 14.9. The number of halogens is 2. The number of amides is 2. The fourth-order valence-electron chi connectivity index (χ4n) is 6.05. The van der Waals surface area contributed by atoms with Crippen molar-refractivity contribution in [2.24, 2.45) is 4.99 Å². The summed E-state index contributed by atoms with van der Waals surface area (Å²) in [6.45, 7) is 10.8. The van der Waals surface area contributed by atoms with Crippen molar-refractivity contribution in [2.45, 2.75) is 64.0 Å². The standard InChI is InChI=1S/C34H39F2N5O2/c1-23-38-34(26-6-10-28(35)11-7-26,27-8-12-29(36)13-9-27)32(43)41(23)19-5-18-40-20-15-24(16-21-40)25-14-17-37-30(22-25)31(42)39-33(2,3)4/h6-14,17,22,24H,5,15-16,18-21H2,1-4H3,(H,39,42). The number of carbonyl (C=O) groups is 2. The van der Waals surface area contributed by atoms with Gasteiger partial charge >= 0.3 is 0 Å². The molecule has 226 valence electrons. The molecule has 1 aromatic heterocycles. The van der Waals surface area contributed by atoms with Gasteiger partial charge in [0.15, 0.2) is 5.54 Å². The van der Waals surface area contributed by atoms with E-state index in [1.807, 2.05) is 39.8 Å². The van der Waals surface area contributed by atoms with E-state index < -0.39 is 17.2 Å². The summed E-state index contributed by atoms with van der Waals surface area (Å²) in [5.41, 5.74) is 0.972. The van der Waals surface area contributed by atoms with Gasteiger partial charge in [-0.2, -0.15) is 0 Å². The molecule has 0 radical (unpaired) electrons. The van der Waals surface area contributed by atoms with Crippen LogP contribution in [0, 0.1) is 11.6 Å². The second kappa shape index (κ2) is 12.3. The monoisotopic (exact) mass is 587 g/mol. The summed E-state index contributed by atoms with van der Waals surface area (Å²) >= 11 is 0. The van der Waals surface area contributed by atoms with Crippen molar-refractivity contribution >= 4 is 17.6 Å². The van der Waals surface area contributed by atoms with E-state index in [-0.39, 0.29) is 17.4 Å². The van der Waals surface area contributed by atoms with Crippen LogP contribution in [-0.2, 0) is 10.3 Å². The van der Waals surface area contributed by atoms with Crippen LogP contribution in [0.4, 0.5) is 8.78 Å². The Morgan fingerprint density at radius 1 is 0.953 bits per heavy atom. The van der Waals surface area contributed by atoms with Crippen molar-refractivity contribution in [2.75, 3.05) is 26.2 Å². The van der Waals surface area contributed by atoms with Gasteiger partial charge in [-0.15, -0.1) is 0 Å². The van der Waals surface area contributed by atoms with Crippen molar-refractivity contribution in [3.8, 4) is 0 Å². The van der Waals surface area contributed by atoms with Crippen molar-refractivity contribution in [1.29, 1.82) is 0 Å². The van der Waals surface area contributed by atoms with E-state index in [9.17, 15) is 18.4 Å². The molecule has 7 nitrogen and oxygen atoms in total. The molecule has 1 fully saturated rings. The lowest BCUT2D eigenvalue weighted by Gasteiger charge is -2.33. The zero-order valence-corrected chi connectivity index (χ0v) is 25.2. The van der Waals surface area contributed by atoms with E-state index in [1.54, 1.807) is 35.4 Å².